The average molecular weight is 275 g/mol. The summed E-state index contributed by atoms with van der Waals surface area (Å²) in [5.74, 6) is -2.90. The highest BCUT2D eigenvalue weighted by Gasteiger charge is 2.44. The summed E-state index contributed by atoms with van der Waals surface area (Å²) >= 11 is 0. The Morgan fingerprint density at radius 1 is 0.900 bits per heavy atom. The van der Waals surface area contributed by atoms with Gasteiger partial charge in [-0.1, -0.05) is 37.6 Å². The van der Waals surface area contributed by atoms with Gasteiger partial charge in [-0.2, -0.15) is 8.78 Å². The van der Waals surface area contributed by atoms with Gasteiger partial charge < -0.3 is 5.32 Å². The van der Waals surface area contributed by atoms with Crippen molar-refractivity contribution >= 4 is 5.69 Å². The fraction of sp³-hybridized carbons (Fsp3) is 0.294. The molecule has 3 heteroatoms. The van der Waals surface area contributed by atoms with Gasteiger partial charge in [-0.05, 0) is 36.2 Å². The summed E-state index contributed by atoms with van der Waals surface area (Å²) in [6, 6.07) is 10.3. The molecule has 20 heavy (non-hydrogen) atoms. The largest absolute Gasteiger partial charge is 0.388 e. The Hall–Kier alpha value is -1.90. The molecule has 0 fully saturated rings. The van der Waals surface area contributed by atoms with Gasteiger partial charge in [-0.15, -0.1) is 0 Å². The van der Waals surface area contributed by atoms with Crippen molar-refractivity contribution < 1.29 is 8.78 Å². The molecule has 0 aromatic heterocycles. The third kappa shape index (κ3) is 2.07. The maximum Gasteiger partial charge on any atom is 0.299 e. The van der Waals surface area contributed by atoms with Crippen LogP contribution in [0.1, 0.15) is 30.5 Å². The molecule has 1 aliphatic rings. The Bertz CT molecular complexity index is 633. The fourth-order valence-electron chi connectivity index (χ4n) is 2.49. The minimum Gasteiger partial charge on any atom is -0.388 e. The molecule has 3 rings (SSSR count). The van der Waals surface area contributed by atoms with Crippen molar-refractivity contribution in [2.75, 3.05) is 12.4 Å². The summed E-state index contributed by atoms with van der Waals surface area (Å²) < 4.78 is 28.8. The normalized spacial score (nSPS) is 13.9. The minimum absolute atomic E-state index is 0.0925. The lowest BCUT2D eigenvalue weighted by Gasteiger charge is -2.13. The Morgan fingerprint density at radius 2 is 1.45 bits per heavy atom. The molecule has 0 saturated carbocycles. The molecule has 2 aromatic rings. The van der Waals surface area contributed by atoms with Gasteiger partial charge in [0.1, 0.15) is 0 Å². The van der Waals surface area contributed by atoms with E-state index in [2.05, 4.69) is 5.32 Å². The number of hydrogen-bond donors (Lipinski definition) is 1. The van der Waals surface area contributed by atoms with Crippen LogP contribution in [0.25, 0.3) is 11.1 Å². The van der Waals surface area contributed by atoms with Crippen LogP contribution in [-0.2, 0) is 5.92 Å². The summed E-state index contributed by atoms with van der Waals surface area (Å²) in [7, 11) is 1.73. The first-order valence-corrected chi connectivity index (χ1v) is 6.85. The van der Waals surface area contributed by atoms with Gasteiger partial charge in [-0.3, -0.25) is 0 Å². The molecular formula is C17H19F2N. The summed E-state index contributed by atoms with van der Waals surface area (Å²) in [6.45, 7) is 5.83. The molecule has 0 radical (unpaired) electrons. The third-order valence-electron chi connectivity index (χ3n) is 3.45. The number of rotatable bonds is 1. The Kier molecular flexibility index (Phi) is 3.80. The molecule has 106 valence electrons. The number of alkyl halides is 2. The predicted molar refractivity (Wildman–Crippen MR) is 80.5 cm³/mol. The van der Waals surface area contributed by atoms with Crippen LogP contribution in [0.3, 0.4) is 0 Å². The first-order valence-electron chi connectivity index (χ1n) is 6.85. The maximum atomic E-state index is 14.4. The zero-order valence-corrected chi connectivity index (χ0v) is 12.2. The van der Waals surface area contributed by atoms with Crippen molar-refractivity contribution in [3.05, 3.63) is 53.1 Å². The van der Waals surface area contributed by atoms with Gasteiger partial charge in [0.05, 0.1) is 0 Å². The quantitative estimate of drug-likeness (QED) is 0.755. The number of fused-ring (bicyclic) bond motifs is 3. The maximum absolute atomic E-state index is 14.4. The van der Waals surface area contributed by atoms with E-state index in [9.17, 15) is 8.78 Å². The Morgan fingerprint density at radius 3 is 2.05 bits per heavy atom. The topological polar surface area (TPSA) is 12.0 Å². The number of halogens is 2. The van der Waals surface area contributed by atoms with E-state index in [1.807, 2.05) is 32.9 Å². The molecular weight excluding hydrogens is 256 g/mol. The lowest BCUT2D eigenvalue weighted by molar-refractivity contribution is 0.0480. The molecule has 0 aliphatic heterocycles. The van der Waals surface area contributed by atoms with Crippen LogP contribution in [0.2, 0.25) is 0 Å². The van der Waals surface area contributed by atoms with Gasteiger partial charge in [0.15, 0.2) is 0 Å². The van der Waals surface area contributed by atoms with E-state index in [0.717, 1.165) is 5.56 Å². The van der Waals surface area contributed by atoms with Crippen LogP contribution in [-0.4, -0.2) is 7.05 Å². The summed E-state index contributed by atoms with van der Waals surface area (Å²) in [5, 5.41) is 2.90. The van der Waals surface area contributed by atoms with E-state index in [1.165, 1.54) is 6.07 Å². The van der Waals surface area contributed by atoms with E-state index in [-0.39, 0.29) is 11.1 Å². The van der Waals surface area contributed by atoms with Gasteiger partial charge in [0, 0.05) is 23.9 Å². The van der Waals surface area contributed by atoms with Crippen molar-refractivity contribution in [1.29, 1.82) is 0 Å². The van der Waals surface area contributed by atoms with Crippen molar-refractivity contribution in [2.45, 2.75) is 26.7 Å². The van der Waals surface area contributed by atoms with Crippen LogP contribution in [0.15, 0.2) is 36.4 Å². The second-order valence-corrected chi connectivity index (χ2v) is 4.63. The van der Waals surface area contributed by atoms with Gasteiger partial charge >= 0.3 is 0 Å². The third-order valence-corrected chi connectivity index (χ3v) is 3.45. The molecule has 0 heterocycles. The fourth-order valence-corrected chi connectivity index (χ4v) is 2.49. The molecule has 0 atom stereocenters. The molecule has 0 spiro atoms. The molecule has 1 nitrogen and oxygen atoms in total. The van der Waals surface area contributed by atoms with Crippen molar-refractivity contribution in [3.63, 3.8) is 0 Å². The number of benzene rings is 2. The van der Waals surface area contributed by atoms with Crippen LogP contribution in [0, 0.1) is 6.92 Å². The zero-order valence-electron chi connectivity index (χ0n) is 12.2. The van der Waals surface area contributed by atoms with Gasteiger partial charge in [0.25, 0.3) is 5.92 Å². The average Bonchev–Trinajstić information content (AvgIpc) is 2.69. The highest BCUT2D eigenvalue weighted by atomic mass is 19.3. The molecule has 0 amide bonds. The second kappa shape index (κ2) is 5.23. The number of anilines is 1. The Labute approximate surface area is 118 Å². The standard InChI is InChI=1S/C15H13F2N.C2H6/c1-9-3-5-11-12-6-4-10(18-2)8-14(12)15(16,17)13(11)7-9;1-2/h3-8,18H,1-2H3;1-2H3. The second-order valence-electron chi connectivity index (χ2n) is 4.63. The SMILES string of the molecule is CC.CNc1ccc2c(c1)C(F)(F)c1cc(C)ccc1-2. The molecule has 0 bridgehead atoms. The van der Waals surface area contributed by atoms with Crippen LogP contribution < -0.4 is 5.32 Å². The monoisotopic (exact) mass is 275 g/mol. The number of nitrogens with one attached hydrogen (secondary N) is 1. The summed E-state index contributed by atoms with van der Waals surface area (Å²) in [4.78, 5) is 0. The first kappa shape index (κ1) is 14.5. The molecule has 1 aliphatic carbocycles. The van der Waals surface area contributed by atoms with E-state index in [0.29, 0.717) is 16.8 Å². The smallest absolute Gasteiger partial charge is 0.299 e. The lowest BCUT2D eigenvalue weighted by Crippen LogP contribution is -2.11. The van der Waals surface area contributed by atoms with Gasteiger partial charge in [0.2, 0.25) is 0 Å². The number of hydrogen-bond acceptors (Lipinski definition) is 1. The Balaban J connectivity index is 0.000000704. The van der Waals surface area contributed by atoms with Crippen LogP contribution in [0.5, 0.6) is 0 Å². The molecule has 0 unspecified atom stereocenters. The number of aryl methyl sites for hydroxylation is 1. The zero-order chi connectivity index (χ0) is 14.9. The van der Waals surface area contributed by atoms with Crippen molar-refractivity contribution in [3.8, 4) is 11.1 Å². The van der Waals surface area contributed by atoms with Crippen molar-refractivity contribution in [2.24, 2.45) is 0 Å². The van der Waals surface area contributed by atoms with Crippen LogP contribution in [0.4, 0.5) is 14.5 Å². The lowest BCUT2D eigenvalue weighted by atomic mass is 10.0. The first-order chi connectivity index (χ1) is 9.54. The van der Waals surface area contributed by atoms with E-state index < -0.39 is 5.92 Å². The van der Waals surface area contributed by atoms with E-state index in [4.69, 9.17) is 0 Å². The van der Waals surface area contributed by atoms with Crippen LogP contribution >= 0.6 is 0 Å². The molecule has 1 N–H and O–H groups in total. The highest BCUT2D eigenvalue weighted by Crippen LogP contribution is 2.51. The predicted octanol–water partition coefficient (Wildman–Crippen LogP) is 5.18. The molecule has 2 aromatic carbocycles. The highest BCUT2D eigenvalue weighted by molar-refractivity contribution is 5.81. The molecule has 0 saturated heterocycles. The summed E-state index contributed by atoms with van der Waals surface area (Å²) in [6.07, 6.45) is 0. The van der Waals surface area contributed by atoms with E-state index in [1.54, 1.807) is 25.2 Å². The minimum atomic E-state index is -2.90. The van der Waals surface area contributed by atoms with E-state index >= 15 is 0 Å². The van der Waals surface area contributed by atoms with Crippen molar-refractivity contribution in [1.82, 2.24) is 0 Å². The van der Waals surface area contributed by atoms with Gasteiger partial charge in [-0.25, -0.2) is 0 Å². The summed E-state index contributed by atoms with van der Waals surface area (Å²) in [5.41, 5.74) is 3.05.